The molecule has 5 nitrogen and oxygen atoms in total. The van der Waals surface area contributed by atoms with Crippen molar-refractivity contribution in [1.29, 1.82) is 0 Å². The molecule has 0 spiro atoms. The third kappa shape index (κ3) is 6.87. The molecule has 2 heterocycles. The van der Waals surface area contributed by atoms with Gasteiger partial charge < -0.3 is 14.2 Å². The minimum atomic E-state index is -0.136. The number of terminal acetylenes is 1. The maximum Gasteiger partial charge on any atom is 0.246 e. The van der Waals surface area contributed by atoms with Crippen LogP contribution in [0.2, 0.25) is 0 Å². The Morgan fingerprint density at radius 2 is 1.84 bits per heavy atom. The number of allylic oxidation sites excluding steroid dienone is 9. The van der Waals surface area contributed by atoms with Crippen molar-refractivity contribution in [2.75, 3.05) is 26.2 Å². The molecule has 44 heavy (non-hydrogen) atoms. The van der Waals surface area contributed by atoms with E-state index in [-0.39, 0.29) is 17.6 Å². The van der Waals surface area contributed by atoms with Crippen LogP contribution in [-0.4, -0.2) is 47.7 Å². The van der Waals surface area contributed by atoms with Crippen molar-refractivity contribution in [2.45, 2.75) is 46.0 Å². The number of carbonyl (C=O) groups is 2. The molecule has 1 aliphatic carbocycles. The Morgan fingerprint density at radius 1 is 1.07 bits per heavy atom. The van der Waals surface area contributed by atoms with E-state index < -0.39 is 0 Å². The molecule has 224 valence electrons. The summed E-state index contributed by atoms with van der Waals surface area (Å²) in [5.74, 6) is 2.82. The van der Waals surface area contributed by atoms with Gasteiger partial charge in [0.2, 0.25) is 5.91 Å². The number of furan rings is 1. The van der Waals surface area contributed by atoms with Crippen molar-refractivity contribution in [3.05, 3.63) is 125 Å². The van der Waals surface area contributed by atoms with E-state index in [9.17, 15) is 9.59 Å². The van der Waals surface area contributed by atoms with Gasteiger partial charge >= 0.3 is 0 Å². The zero-order valence-electron chi connectivity index (χ0n) is 25.9. The maximum absolute atomic E-state index is 13.4. The molecule has 3 aromatic rings. The number of carbonyl (C=O) groups excluding carboxylic acids is 2. The molecule has 1 aliphatic heterocycles. The van der Waals surface area contributed by atoms with Gasteiger partial charge in [0, 0.05) is 56.2 Å². The Kier molecular flexibility index (Phi) is 9.82. The Morgan fingerprint density at radius 3 is 2.50 bits per heavy atom. The SMILES string of the molecule is C#C/C=C\C(=C/C)C(Cc1ccc(/C(C)=C/C(=O)N2CCN(C3=CC=CCC3)CC2)c2cc(C(C)=O)oc12)c1ccccc1. The molecule has 5 heteroatoms. The summed E-state index contributed by atoms with van der Waals surface area (Å²) in [6.07, 6.45) is 22.4. The number of ketones is 1. The first-order chi connectivity index (χ1) is 21.4. The van der Waals surface area contributed by atoms with Crippen molar-refractivity contribution in [3.63, 3.8) is 0 Å². The predicted molar refractivity (Wildman–Crippen MR) is 179 cm³/mol. The molecule has 2 aliphatic rings. The molecule has 2 aromatic carbocycles. The summed E-state index contributed by atoms with van der Waals surface area (Å²) in [5.41, 5.74) is 7.02. The van der Waals surface area contributed by atoms with Gasteiger partial charge in [-0.1, -0.05) is 72.7 Å². The molecule has 1 aromatic heterocycles. The number of hydrogen-bond acceptors (Lipinski definition) is 4. The molecule has 1 amide bonds. The summed E-state index contributed by atoms with van der Waals surface area (Å²) in [7, 11) is 0. The van der Waals surface area contributed by atoms with E-state index >= 15 is 0 Å². The highest BCUT2D eigenvalue weighted by Gasteiger charge is 2.24. The molecule has 0 N–H and O–H groups in total. The van der Waals surface area contributed by atoms with E-state index in [1.54, 1.807) is 12.2 Å². The third-order valence-electron chi connectivity index (χ3n) is 8.60. The van der Waals surface area contributed by atoms with Crippen LogP contribution >= 0.6 is 0 Å². The van der Waals surface area contributed by atoms with Crippen LogP contribution in [0.5, 0.6) is 0 Å². The summed E-state index contributed by atoms with van der Waals surface area (Å²) < 4.78 is 6.22. The Bertz CT molecular complexity index is 1720. The minimum Gasteiger partial charge on any atom is -0.453 e. The molecule has 1 unspecified atom stereocenters. The van der Waals surface area contributed by atoms with Crippen LogP contribution in [0.1, 0.15) is 66.8 Å². The second-order valence-electron chi connectivity index (χ2n) is 11.4. The van der Waals surface area contributed by atoms with Gasteiger partial charge in [-0.3, -0.25) is 9.59 Å². The summed E-state index contributed by atoms with van der Waals surface area (Å²) in [4.78, 5) is 30.1. The number of Topliss-reactive ketones (excluding diaryl/α,β-unsaturated/α-hetero) is 1. The van der Waals surface area contributed by atoms with Gasteiger partial charge in [-0.15, -0.1) is 6.42 Å². The molecule has 1 fully saturated rings. The fraction of sp³-hybridized carbons (Fsp3) is 0.282. The van der Waals surface area contributed by atoms with E-state index in [0.29, 0.717) is 30.9 Å². The normalized spacial score (nSPS) is 16.7. The van der Waals surface area contributed by atoms with Crippen LogP contribution in [-0.2, 0) is 11.2 Å². The maximum atomic E-state index is 13.4. The van der Waals surface area contributed by atoms with Crippen LogP contribution in [0.15, 0.2) is 107 Å². The van der Waals surface area contributed by atoms with Gasteiger partial charge in [0.05, 0.1) is 0 Å². The number of hydrogen-bond donors (Lipinski definition) is 0. The van der Waals surface area contributed by atoms with Gasteiger partial charge in [0.15, 0.2) is 11.5 Å². The Hall–Kier alpha value is -4.82. The molecule has 1 saturated heterocycles. The predicted octanol–water partition coefficient (Wildman–Crippen LogP) is 7.88. The van der Waals surface area contributed by atoms with Crippen LogP contribution in [0, 0.1) is 12.3 Å². The number of amides is 1. The zero-order chi connectivity index (χ0) is 31.1. The van der Waals surface area contributed by atoms with Crippen molar-refractivity contribution in [1.82, 2.24) is 9.80 Å². The van der Waals surface area contributed by atoms with Gasteiger partial charge in [-0.25, -0.2) is 0 Å². The summed E-state index contributed by atoms with van der Waals surface area (Å²) in [5, 5.41) is 0.837. The van der Waals surface area contributed by atoms with E-state index in [4.69, 9.17) is 10.8 Å². The van der Waals surface area contributed by atoms with Crippen molar-refractivity contribution < 1.29 is 14.0 Å². The van der Waals surface area contributed by atoms with E-state index in [2.05, 4.69) is 53.3 Å². The van der Waals surface area contributed by atoms with Crippen molar-refractivity contribution in [3.8, 4) is 12.3 Å². The second-order valence-corrected chi connectivity index (χ2v) is 11.4. The molecule has 0 saturated carbocycles. The highest BCUT2D eigenvalue weighted by Crippen LogP contribution is 2.36. The first kappa shape index (κ1) is 30.6. The van der Waals surface area contributed by atoms with Crippen LogP contribution in [0.3, 0.4) is 0 Å². The second kappa shape index (κ2) is 14.1. The first-order valence-electron chi connectivity index (χ1n) is 15.4. The van der Waals surface area contributed by atoms with E-state index in [1.165, 1.54) is 12.6 Å². The zero-order valence-corrected chi connectivity index (χ0v) is 25.9. The molecule has 0 bridgehead atoms. The largest absolute Gasteiger partial charge is 0.453 e. The molecular weight excluding hydrogens is 544 g/mol. The molecular formula is C39H40N2O3. The summed E-state index contributed by atoms with van der Waals surface area (Å²) in [6, 6.07) is 16.2. The monoisotopic (exact) mass is 584 g/mol. The van der Waals surface area contributed by atoms with Crippen LogP contribution in [0.25, 0.3) is 16.5 Å². The van der Waals surface area contributed by atoms with Gasteiger partial charge in [-0.05, 0) is 79.2 Å². The highest BCUT2D eigenvalue weighted by molar-refractivity contribution is 6.03. The Labute approximate surface area is 260 Å². The smallest absolute Gasteiger partial charge is 0.246 e. The third-order valence-corrected chi connectivity index (χ3v) is 8.60. The topological polar surface area (TPSA) is 53.8 Å². The number of fused-ring (bicyclic) bond motifs is 1. The van der Waals surface area contributed by atoms with E-state index in [0.717, 1.165) is 59.2 Å². The summed E-state index contributed by atoms with van der Waals surface area (Å²) >= 11 is 0. The average molecular weight is 585 g/mol. The number of nitrogens with zero attached hydrogens (tertiary/aromatic N) is 2. The van der Waals surface area contributed by atoms with Crippen molar-refractivity contribution in [2.24, 2.45) is 0 Å². The number of rotatable bonds is 9. The van der Waals surface area contributed by atoms with Crippen LogP contribution in [0.4, 0.5) is 0 Å². The van der Waals surface area contributed by atoms with Gasteiger partial charge in [0.1, 0.15) is 5.58 Å². The van der Waals surface area contributed by atoms with Gasteiger partial charge in [-0.2, -0.15) is 0 Å². The average Bonchev–Trinajstić information content (AvgIpc) is 3.52. The lowest BCUT2D eigenvalue weighted by atomic mass is 9.84. The minimum absolute atomic E-state index is 0.00866. The quantitative estimate of drug-likeness (QED) is 0.111. The molecule has 1 atom stereocenters. The first-order valence-corrected chi connectivity index (χ1v) is 15.4. The number of benzene rings is 2. The molecule has 0 radical (unpaired) electrons. The number of piperazine rings is 1. The van der Waals surface area contributed by atoms with Crippen LogP contribution < -0.4 is 0 Å². The van der Waals surface area contributed by atoms with Crippen molar-refractivity contribution >= 4 is 28.2 Å². The lowest BCUT2D eigenvalue weighted by Gasteiger charge is -2.37. The fourth-order valence-electron chi connectivity index (χ4n) is 6.17. The summed E-state index contributed by atoms with van der Waals surface area (Å²) in [6.45, 7) is 8.56. The van der Waals surface area contributed by atoms with E-state index in [1.807, 2.05) is 55.2 Å². The van der Waals surface area contributed by atoms with Gasteiger partial charge in [0.25, 0.3) is 0 Å². The molecule has 5 rings (SSSR count). The lowest BCUT2D eigenvalue weighted by Crippen LogP contribution is -2.47. The standard InChI is InChI=1S/C39H40N2O3/c1-5-7-14-30(6-2)35(31-15-10-8-11-16-31)26-32-19-20-34(36-27-37(29(4)42)44-39(32)36)28(3)25-38(43)41-23-21-40(22-24-41)33-17-12-9-13-18-33/h1,6-12,14-17,19-20,25,27,35H,13,18,21-24,26H2,2-4H3/b14-7-,28-25+,30-6+. The fourth-order valence-corrected chi connectivity index (χ4v) is 6.17. The Balaban J connectivity index is 1.44. The lowest BCUT2D eigenvalue weighted by molar-refractivity contribution is -0.127. The highest BCUT2D eigenvalue weighted by atomic mass is 16.3.